The number of para-hydroxylation sites is 2. The summed E-state index contributed by atoms with van der Waals surface area (Å²) in [7, 11) is 0. The monoisotopic (exact) mass is 248 g/mol. The van der Waals surface area contributed by atoms with E-state index in [1.54, 1.807) is 0 Å². The van der Waals surface area contributed by atoms with E-state index < -0.39 is 0 Å². The van der Waals surface area contributed by atoms with Crippen LogP contribution in [0.3, 0.4) is 0 Å². The fourth-order valence-corrected chi connectivity index (χ4v) is 3.16. The third-order valence-corrected chi connectivity index (χ3v) is 4.16. The zero-order valence-corrected chi connectivity index (χ0v) is 10.7. The van der Waals surface area contributed by atoms with Crippen LogP contribution < -0.4 is 4.99 Å². The SMILES string of the molecule is C1=[NH+]c2ccccc2C1C1CCc2ccccc2[N-]1. The molecule has 0 spiro atoms. The molecule has 19 heavy (non-hydrogen) atoms. The van der Waals surface area contributed by atoms with Crippen LogP contribution in [0.2, 0.25) is 0 Å². The average Bonchev–Trinajstić information content (AvgIpc) is 2.91. The Morgan fingerprint density at radius 3 is 2.84 bits per heavy atom. The number of benzene rings is 2. The minimum absolute atomic E-state index is 0.367. The third kappa shape index (κ3) is 1.75. The van der Waals surface area contributed by atoms with Gasteiger partial charge in [-0.25, -0.2) is 4.99 Å². The van der Waals surface area contributed by atoms with Gasteiger partial charge in [0.1, 0.15) is 6.21 Å². The van der Waals surface area contributed by atoms with E-state index in [0.717, 1.165) is 12.8 Å². The van der Waals surface area contributed by atoms with Crippen molar-refractivity contribution in [2.24, 2.45) is 0 Å². The summed E-state index contributed by atoms with van der Waals surface area (Å²) in [5.41, 5.74) is 5.19. The summed E-state index contributed by atoms with van der Waals surface area (Å²) in [6, 6.07) is 17.4. The molecule has 94 valence electrons. The highest BCUT2D eigenvalue weighted by Crippen LogP contribution is 2.40. The normalized spacial score (nSPS) is 23.6. The molecule has 2 aliphatic heterocycles. The fraction of sp³-hybridized carbons (Fsp3) is 0.235. The Labute approximate surface area is 113 Å². The van der Waals surface area contributed by atoms with Gasteiger partial charge in [-0.05, 0) is 6.42 Å². The van der Waals surface area contributed by atoms with Crippen LogP contribution in [-0.4, -0.2) is 12.3 Å². The maximum absolute atomic E-state index is 4.95. The second-order valence-corrected chi connectivity index (χ2v) is 5.29. The van der Waals surface area contributed by atoms with E-state index in [0.29, 0.717) is 12.0 Å². The van der Waals surface area contributed by atoms with Crippen LogP contribution in [0.25, 0.3) is 5.32 Å². The predicted octanol–water partition coefficient (Wildman–Crippen LogP) is 2.59. The van der Waals surface area contributed by atoms with Gasteiger partial charge in [0, 0.05) is 11.6 Å². The molecule has 0 fully saturated rings. The Kier molecular flexibility index (Phi) is 2.41. The lowest BCUT2D eigenvalue weighted by Gasteiger charge is -2.41. The first-order valence-electron chi connectivity index (χ1n) is 6.89. The van der Waals surface area contributed by atoms with Gasteiger partial charge in [-0.15, -0.1) is 11.7 Å². The molecule has 0 amide bonds. The van der Waals surface area contributed by atoms with Crippen LogP contribution in [0.5, 0.6) is 0 Å². The van der Waals surface area contributed by atoms with Gasteiger partial charge in [0.15, 0.2) is 0 Å². The molecule has 1 N–H and O–H groups in total. The van der Waals surface area contributed by atoms with Crippen molar-refractivity contribution in [2.45, 2.75) is 24.8 Å². The van der Waals surface area contributed by atoms with Crippen molar-refractivity contribution in [2.75, 3.05) is 0 Å². The summed E-state index contributed by atoms with van der Waals surface area (Å²) in [6.07, 6.45) is 4.47. The molecule has 2 aromatic carbocycles. The summed E-state index contributed by atoms with van der Waals surface area (Å²) >= 11 is 0. The van der Waals surface area contributed by atoms with E-state index in [1.165, 1.54) is 22.5 Å². The summed E-state index contributed by atoms with van der Waals surface area (Å²) < 4.78 is 0. The van der Waals surface area contributed by atoms with Crippen LogP contribution in [0.15, 0.2) is 48.5 Å². The number of nitrogens with zero attached hydrogens (tertiary/aromatic N) is 1. The summed E-state index contributed by atoms with van der Waals surface area (Å²) in [4.78, 5) is 3.39. The molecule has 2 heterocycles. The molecule has 0 radical (unpaired) electrons. The largest absolute Gasteiger partial charge is 0.681 e. The van der Waals surface area contributed by atoms with Gasteiger partial charge in [-0.3, -0.25) is 0 Å². The first-order valence-corrected chi connectivity index (χ1v) is 6.89. The van der Waals surface area contributed by atoms with E-state index in [4.69, 9.17) is 5.32 Å². The molecule has 0 aliphatic carbocycles. The van der Waals surface area contributed by atoms with Crippen molar-refractivity contribution >= 4 is 17.6 Å². The molecule has 0 saturated heterocycles. The lowest BCUT2D eigenvalue weighted by Crippen LogP contribution is -2.59. The van der Waals surface area contributed by atoms with E-state index >= 15 is 0 Å². The van der Waals surface area contributed by atoms with E-state index in [9.17, 15) is 0 Å². The molecule has 2 aliphatic rings. The zero-order chi connectivity index (χ0) is 12.7. The molecule has 0 saturated carbocycles. The first kappa shape index (κ1) is 10.8. The van der Waals surface area contributed by atoms with Gasteiger partial charge in [0.25, 0.3) is 0 Å². The Morgan fingerprint density at radius 2 is 1.84 bits per heavy atom. The average molecular weight is 248 g/mol. The molecule has 4 rings (SSSR count). The first-order chi connectivity index (χ1) is 9.42. The van der Waals surface area contributed by atoms with Crippen molar-refractivity contribution in [1.29, 1.82) is 0 Å². The fourth-order valence-electron chi connectivity index (χ4n) is 3.16. The van der Waals surface area contributed by atoms with Gasteiger partial charge in [0.2, 0.25) is 5.69 Å². The molecule has 2 heteroatoms. The zero-order valence-electron chi connectivity index (χ0n) is 10.7. The third-order valence-electron chi connectivity index (χ3n) is 4.16. The number of hydrogen-bond donors (Lipinski definition) is 1. The summed E-state index contributed by atoms with van der Waals surface area (Å²) in [6.45, 7) is 0. The highest BCUT2D eigenvalue weighted by atomic mass is 15.0. The van der Waals surface area contributed by atoms with Crippen LogP contribution in [0, 0.1) is 0 Å². The van der Waals surface area contributed by atoms with E-state index in [-0.39, 0.29) is 0 Å². The quantitative estimate of drug-likeness (QED) is 0.803. The lowest BCUT2D eigenvalue weighted by atomic mass is 9.86. The number of fused-ring (bicyclic) bond motifs is 2. The lowest BCUT2D eigenvalue weighted by molar-refractivity contribution is -0.344. The van der Waals surface area contributed by atoms with E-state index in [1.807, 2.05) is 0 Å². The standard InChI is InChI=1S/C17H15N2/c1-3-7-15-12(5-1)9-10-17(19-15)14-11-18-16-8-4-2-6-13(14)16/h1-8,11,14,17H,9-10H2/q-1/p+1. The molecule has 2 atom stereocenters. The smallest absolute Gasteiger partial charge is 0.207 e. The second-order valence-electron chi connectivity index (χ2n) is 5.29. The van der Waals surface area contributed by atoms with Gasteiger partial charge in [-0.1, -0.05) is 54.4 Å². The highest BCUT2D eigenvalue weighted by Gasteiger charge is 2.28. The maximum Gasteiger partial charge on any atom is 0.207 e. The predicted molar refractivity (Wildman–Crippen MR) is 77.4 cm³/mol. The van der Waals surface area contributed by atoms with E-state index in [2.05, 4.69) is 59.7 Å². The minimum Gasteiger partial charge on any atom is -0.681 e. The number of rotatable bonds is 1. The van der Waals surface area contributed by atoms with Crippen molar-refractivity contribution in [3.05, 3.63) is 65.0 Å². The van der Waals surface area contributed by atoms with Crippen molar-refractivity contribution < 1.29 is 4.99 Å². The van der Waals surface area contributed by atoms with Crippen LogP contribution >= 0.6 is 0 Å². The molecule has 0 bridgehead atoms. The highest BCUT2D eigenvalue weighted by molar-refractivity contribution is 5.74. The molecular weight excluding hydrogens is 232 g/mol. The molecule has 2 unspecified atom stereocenters. The molecule has 0 aromatic heterocycles. The molecule has 2 aromatic rings. The van der Waals surface area contributed by atoms with Gasteiger partial charge in [-0.2, -0.15) is 0 Å². The second kappa shape index (κ2) is 4.23. The Balaban J connectivity index is 1.65. The van der Waals surface area contributed by atoms with Crippen molar-refractivity contribution in [3.63, 3.8) is 0 Å². The Bertz CT molecular complexity index is 645. The van der Waals surface area contributed by atoms with Gasteiger partial charge < -0.3 is 5.32 Å². The maximum atomic E-state index is 4.95. The van der Waals surface area contributed by atoms with Crippen molar-refractivity contribution in [3.8, 4) is 0 Å². The van der Waals surface area contributed by atoms with Crippen LogP contribution in [-0.2, 0) is 6.42 Å². The van der Waals surface area contributed by atoms with Crippen LogP contribution in [0.1, 0.15) is 23.5 Å². The number of hydrogen-bond acceptors (Lipinski definition) is 0. The summed E-state index contributed by atoms with van der Waals surface area (Å²) in [5.74, 6) is 0.407. The Morgan fingerprint density at radius 1 is 1.00 bits per heavy atom. The number of aryl methyl sites for hydroxylation is 1. The number of nitrogens with one attached hydrogen (secondary N) is 1. The molecule has 2 nitrogen and oxygen atoms in total. The van der Waals surface area contributed by atoms with Gasteiger partial charge >= 0.3 is 0 Å². The van der Waals surface area contributed by atoms with Crippen molar-refractivity contribution in [1.82, 2.24) is 0 Å². The summed E-state index contributed by atoms with van der Waals surface area (Å²) in [5, 5.41) is 4.95. The minimum atomic E-state index is 0.367. The topological polar surface area (TPSA) is 28.1 Å². The van der Waals surface area contributed by atoms with Gasteiger partial charge in [0.05, 0.1) is 5.92 Å². The molecular formula is C17H16N2. The van der Waals surface area contributed by atoms with Crippen LogP contribution in [0.4, 0.5) is 11.4 Å². The Hall–Kier alpha value is -2.09.